The molecule has 0 aliphatic heterocycles. The van der Waals surface area contributed by atoms with Crippen molar-refractivity contribution in [2.45, 2.75) is 80.6 Å². The summed E-state index contributed by atoms with van der Waals surface area (Å²) < 4.78 is 0. The molecule has 92 valence electrons. The fourth-order valence-corrected chi connectivity index (χ4v) is 2.52. The molecule has 0 aromatic heterocycles. The van der Waals surface area contributed by atoms with Gasteiger partial charge in [-0.2, -0.15) is 0 Å². The third-order valence-corrected chi connectivity index (χ3v) is 4.02. The van der Waals surface area contributed by atoms with E-state index < -0.39 is 0 Å². The Labute approximate surface area is 97.8 Å². The average molecular weight is 212 g/mol. The molecule has 0 nitrogen and oxygen atoms in total. The van der Waals surface area contributed by atoms with Crippen LogP contribution in [-0.2, 0) is 0 Å². The highest BCUT2D eigenvalue weighted by molar-refractivity contribution is 4.81. The summed E-state index contributed by atoms with van der Waals surface area (Å²) >= 11 is 0. The lowest BCUT2D eigenvalue weighted by Crippen LogP contribution is -2.28. The lowest BCUT2D eigenvalue weighted by molar-refractivity contribution is 0.123. The Morgan fingerprint density at radius 1 is 1.00 bits per heavy atom. The smallest absolute Gasteiger partial charge is 0.0303 e. The Morgan fingerprint density at radius 3 is 1.87 bits per heavy atom. The van der Waals surface area contributed by atoms with Gasteiger partial charge in [0, 0.05) is 0 Å². The lowest BCUT2D eigenvalue weighted by Gasteiger charge is -2.38. The molecule has 0 radical (unpaired) electrons. The van der Waals surface area contributed by atoms with Crippen LogP contribution in [0.15, 0.2) is 0 Å². The van der Waals surface area contributed by atoms with Crippen molar-refractivity contribution in [1.29, 1.82) is 0 Å². The minimum Gasteiger partial charge on any atom is -0.0654 e. The minimum atomic E-state index is 0.474. The molecular weight excluding hydrogens is 180 g/mol. The van der Waals surface area contributed by atoms with Crippen LogP contribution in [0.4, 0.5) is 0 Å². The molecule has 2 unspecified atom stereocenters. The van der Waals surface area contributed by atoms with E-state index in [2.05, 4.69) is 48.5 Å². The molecule has 0 heteroatoms. The van der Waals surface area contributed by atoms with Gasteiger partial charge in [-0.1, -0.05) is 67.7 Å². The van der Waals surface area contributed by atoms with E-state index in [0.717, 1.165) is 5.92 Å². The molecule has 0 aromatic rings. The first-order valence-electron chi connectivity index (χ1n) is 6.75. The van der Waals surface area contributed by atoms with Crippen LogP contribution in [0.1, 0.15) is 80.6 Å². The van der Waals surface area contributed by atoms with Crippen LogP contribution in [0.3, 0.4) is 0 Å². The van der Waals surface area contributed by atoms with Crippen LogP contribution in [0.2, 0.25) is 0 Å². The SMILES string of the molecule is CCCCC(C)(CC)C(C)CC(C)(C)C. The molecule has 0 bridgehead atoms. The topological polar surface area (TPSA) is 0 Å². The van der Waals surface area contributed by atoms with E-state index in [9.17, 15) is 0 Å². The minimum absolute atomic E-state index is 0.474. The number of hydrogen-bond acceptors (Lipinski definition) is 0. The van der Waals surface area contributed by atoms with Crippen molar-refractivity contribution in [3.8, 4) is 0 Å². The third kappa shape index (κ3) is 5.58. The maximum atomic E-state index is 2.49. The van der Waals surface area contributed by atoms with Gasteiger partial charge in [-0.3, -0.25) is 0 Å². The van der Waals surface area contributed by atoms with Gasteiger partial charge in [0.25, 0.3) is 0 Å². The first-order valence-corrected chi connectivity index (χ1v) is 6.75. The standard InChI is InChI=1S/C15H32/c1-8-10-11-15(7,9-2)13(3)12-14(4,5)6/h13H,8-12H2,1-7H3. The van der Waals surface area contributed by atoms with Gasteiger partial charge in [0.15, 0.2) is 0 Å². The summed E-state index contributed by atoms with van der Waals surface area (Å²) in [5.74, 6) is 0.842. The Morgan fingerprint density at radius 2 is 1.53 bits per heavy atom. The lowest BCUT2D eigenvalue weighted by atomic mass is 9.67. The molecule has 0 rings (SSSR count). The molecule has 0 aliphatic rings. The summed E-state index contributed by atoms with van der Waals surface area (Å²) in [4.78, 5) is 0. The fourth-order valence-electron chi connectivity index (χ4n) is 2.52. The van der Waals surface area contributed by atoms with E-state index in [-0.39, 0.29) is 0 Å². The number of hydrogen-bond donors (Lipinski definition) is 0. The highest BCUT2D eigenvalue weighted by atomic mass is 14.4. The van der Waals surface area contributed by atoms with Gasteiger partial charge in [-0.25, -0.2) is 0 Å². The average Bonchev–Trinajstić information content (AvgIpc) is 2.11. The van der Waals surface area contributed by atoms with Crippen LogP contribution >= 0.6 is 0 Å². The van der Waals surface area contributed by atoms with Crippen LogP contribution in [0.5, 0.6) is 0 Å². The number of unbranched alkanes of at least 4 members (excludes halogenated alkanes) is 1. The van der Waals surface area contributed by atoms with Gasteiger partial charge < -0.3 is 0 Å². The van der Waals surface area contributed by atoms with Crippen LogP contribution in [0.25, 0.3) is 0 Å². The van der Waals surface area contributed by atoms with Crippen molar-refractivity contribution in [2.24, 2.45) is 16.7 Å². The predicted molar refractivity (Wildman–Crippen MR) is 71.2 cm³/mol. The van der Waals surface area contributed by atoms with Gasteiger partial charge >= 0.3 is 0 Å². The molecule has 15 heavy (non-hydrogen) atoms. The third-order valence-electron chi connectivity index (χ3n) is 4.02. The first kappa shape index (κ1) is 15.0. The Hall–Kier alpha value is 0. The molecule has 0 N–H and O–H groups in total. The van der Waals surface area contributed by atoms with Crippen molar-refractivity contribution in [1.82, 2.24) is 0 Å². The fraction of sp³-hybridized carbons (Fsp3) is 1.00. The van der Waals surface area contributed by atoms with Crippen molar-refractivity contribution in [2.75, 3.05) is 0 Å². The molecule has 0 saturated heterocycles. The van der Waals surface area contributed by atoms with Gasteiger partial charge in [0.2, 0.25) is 0 Å². The quantitative estimate of drug-likeness (QED) is 0.532. The highest BCUT2D eigenvalue weighted by Gasteiger charge is 2.31. The van der Waals surface area contributed by atoms with E-state index in [4.69, 9.17) is 0 Å². The van der Waals surface area contributed by atoms with Crippen molar-refractivity contribution in [3.05, 3.63) is 0 Å². The Bertz CT molecular complexity index is 163. The maximum Gasteiger partial charge on any atom is -0.0303 e. The van der Waals surface area contributed by atoms with E-state index in [1.54, 1.807) is 0 Å². The highest BCUT2D eigenvalue weighted by Crippen LogP contribution is 2.42. The second kappa shape index (κ2) is 5.92. The van der Waals surface area contributed by atoms with E-state index >= 15 is 0 Å². The van der Waals surface area contributed by atoms with Gasteiger partial charge in [0.05, 0.1) is 0 Å². The van der Waals surface area contributed by atoms with E-state index in [1.807, 2.05) is 0 Å². The first-order chi connectivity index (χ1) is 6.75. The summed E-state index contributed by atoms with van der Waals surface area (Å²) in [5, 5.41) is 0. The molecular formula is C15H32. The Kier molecular flexibility index (Phi) is 5.92. The molecule has 0 spiro atoms. The van der Waals surface area contributed by atoms with Gasteiger partial charge in [-0.15, -0.1) is 0 Å². The Balaban J connectivity index is 4.36. The monoisotopic (exact) mass is 212 g/mol. The summed E-state index contributed by atoms with van der Waals surface area (Å²) in [5.41, 5.74) is 1.03. The van der Waals surface area contributed by atoms with Crippen LogP contribution in [0, 0.1) is 16.7 Å². The summed E-state index contributed by atoms with van der Waals surface area (Å²) in [6, 6.07) is 0. The van der Waals surface area contributed by atoms with Crippen molar-refractivity contribution in [3.63, 3.8) is 0 Å². The summed E-state index contributed by atoms with van der Waals surface area (Å²) in [6.45, 7) is 16.7. The van der Waals surface area contributed by atoms with Crippen LogP contribution < -0.4 is 0 Å². The molecule has 0 aliphatic carbocycles. The maximum absolute atomic E-state index is 2.49. The van der Waals surface area contributed by atoms with Crippen molar-refractivity contribution < 1.29 is 0 Å². The van der Waals surface area contributed by atoms with Gasteiger partial charge in [-0.05, 0) is 29.6 Å². The van der Waals surface area contributed by atoms with Gasteiger partial charge in [0.1, 0.15) is 0 Å². The van der Waals surface area contributed by atoms with E-state index in [0.29, 0.717) is 10.8 Å². The summed E-state index contributed by atoms with van der Waals surface area (Å²) in [7, 11) is 0. The van der Waals surface area contributed by atoms with Crippen molar-refractivity contribution >= 4 is 0 Å². The molecule has 0 aromatic carbocycles. The normalized spacial score (nSPS) is 18.6. The molecule has 0 amide bonds. The molecule has 0 heterocycles. The predicted octanol–water partition coefficient (Wildman–Crippen LogP) is 5.67. The second-order valence-corrected chi connectivity index (χ2v) is 6.78. The zero-order chi connectivity index (χ0) is 12.1. The largest absolute Gasteiger partial charge is 0.0654 e. The molecule has 0 fully saturated rings. The molecule has 2 atom stereocenters. The zero-order valence-electron chi connectivity index (χ0n) is 12.1. The zero-order valence-corrected chi connectivity index (χ0v) is 12.1. The second-order valence-electron chi connectivity index (χ2n) is 6.78. The van der Waals surface area contributed by atoms with E-state index in [1.165, 1.54) is 32.1 Å². The van der Waals surface area contributed by atoms with Crippen LogP contribution in [-0.4, -0.2) is 0 Å². The number of rotatable bonds is 6. The summed E-state index contributed by atoms with van der Waals surface area (Å²) in [6.07, 6.45) is 6.79. The molecule has 0 saturated carbocycles.